The number of ether oxygens (including phenoxy) is 1. The molecule has 0 saturated carbocycles. The first-order valence-electron chi connectivity index (χ1n) is 11.1. The van der Waals surface area contributed by atoms with Crippen molar-refractivity contribution in [1.82, 2.24) is 14.7 Å². The molecule has 6 nitrogen and oxygen atoms in total. The van der Waals surface area contributed by atoms with Crippen molar-refractivity contribution in [2.24, 2.45) is 0 Å². The lowest BCUT2D eigenvalue weighted by molar-refractivity contribution is -0.140. The molecule has 1 heterocycles. The van der Waals surface area contributed by atoms with E-state index in [1.807, 2.05) is 65.9 Å². The third-order valence-electron chi connectivity index (χ3n) is 5.76. The van der Waals surface area contributed by atoms with Crippen LogP contribution in [0.2, 0.25) is 0 Å². The number of benzene rings is 2. The molecular weight excluding hydrogens is 414 g/mol. The zero-order valence-corrected chi connectivity index (χ0v) is 19.6. The van der Waals surface area contributed by atoms with E-state index in [0.29, 0.717) is 31.5 Å². The van der Waals surface area contributed by atoms with Gasteiger partial charge in [0.1, 0.15) is 0 Å². The van der Waals surface area contributed by atoms with E-state index in [9.17, 15) is 9.59 Å². The summed E-state index contributed by atoms with van der Waals surface area (Å²) in [6.45, 7) is 8.85. The smallest absolute Gasteiger partial charge is 0.305 e. The maximum atomic E-state index is 13.1. The first-order valence-corrected chi connectivity index (χ1v) is 11.1. The van der Waals surface area contributed by atoms with E-state index >= 15 is 0 Å². The standard InChI is InChI=1S/C27H31N3O3/c1-5-18-29(19-17-22-9-7-6-8-10-22)27(32)23-11-13-24(14-12-23)30-21(3)25(20(2)28-30)15-16-26(31)33-4/h5-14H,1,15-19H2,2-4H3. The van der Waals surface area contributed by atoms with Crippen molar-refractivity contribution in [3.63, 3.8) is 0 Å². The topological polar surface area (TPSA) is 64.4 Å². The molecule has 172 valence electrons. The Labute approximate surface area is 195 Å². The molecule has 3 aromatic rings. The second-order valence-corrected chi connectivity index (χ2v) is 7.96. The summed E-state index contributed by atoms with van der Waals surface area (Å²) in [5.41, 5.74) is 5.60. The van der Waals surface area contributed by atoms with Crippen LogP contribution in [0, 0.1) is 13.8 Å². The van der Waals surface area contributed by atoms with Crippen molar-refractivity contribution in [2.75, 3.05) is 20.2 Å². The van der Waals surface area contributed by atoms with Gasteiger partial charge in [-0.05, 0) is 62.1 Å². The Morgan fingerprint density at radius 3 is 2.39 bits per heavy atom. The summed E-state index contributed by atoms with van der Waals surface area (Å²) >= 11 is 0. The average molecular weight is 446 g/mol. The molecule has 0 aliphatic carbocycles. The predicted octanol–water partition coefficient (Wildman–Crippen LogP) is 4.47. The second-order valence-electron chi connectivity index (χ2n) is 7.96. The minimum atomic E-state index is -0.235. The number of carbonyl (C=O) groups excluding carboxylic acids is 2. The number of hydrogen-bond donors (Lipinski definition) is 0. The molecule has 6 heteroatoms. The first-order chi connectivity index (χ1) is 15.9. The van der Waals surface area contributed by atoms with Crippen LogP contribution in [-0.2, 0) is 22.4 Å². The molecule has 0 saturated heterocycles. The highest BCUT2D eigenvalue weighted by atomic mass is 16.5. The predicted molar refractivity (Wildman–Crippen MR) is 130 cm³/mol. The van der Waals surface area contributed by atoms with E-state index < -0.39 is 0 Å². The van der Waals surface area contributed by atoms with Crippen LogP contribution in [0.15, 0.2) is 67.3 Å². The van der Waals surface area contributed by atoms with Crippen LogP contribution in [0.4, 0.5) is 0 Å². The fraction of sp³-hybridized carbons (Fsp3) is 0.296. The van der Waals surface area contributed by atoms with Gasteiger partial charge in [-0.15, -0.1) is 6.58 Å². The number of aromatic nitrogens is 2. The summed E-state index contributed by atoms with van der Waals surface area (Å²) in [4.78, 5) is 26.5. The molecule has 33 heavy (non-hydrogen) atoms. The van der Waals surface area contributed by atoms with Crippen LogP contribution < -0.4 is 0 Å². The molecule has 0 fully saturated rings. The highest BCUT2D eigenvalue weighted by molar-refractivity contribution is 5.94. The van der Waals surface area contributed by atoms with E-state index in [-0.39, 0.29) is 11.9 Å². The third-order valence-corrected chi connectivity index (χ3v) is 5.76. The number of methoxy groups -OCH3 is 1. The molecule has 0 N–H and O–H groups in total. The van der Waals surface area contributed by atoms with Crippen molar-refractivity contribution in [2.45, 2.75) is 33.1 Å². The number of carbonyl (C=O) groups is 2. The monoisotopic (exact) mass is 445 g/mol. The van der Waals surface area contributed by atoms with Gasteiger partial charge in [0, 0.05) is 30.8 Å². The van der Waals surface area contributed by atoms with Gasteiger partial charge in [0.05, 0.1) is 18.5 Å². The second kappa shape index (κ2) is 11.3. The molecule has 1 amide bonds. The van der Waals surface area contributed by atoms with Gasteiger partial charge in [-0.1, -0.05) is 36.4 Å². The first kappa shape index (κ1) is 24.0. The molecule has 0 radical (unpaired) electrons. The van der Waals surface area contributed by atoms with Crippen LogP contribution in [0.1, 0.15) is 39.3 Å². The van der Waals surface area contributed by atoms with Gasteiger partial charge in [-0.3, -0.25) is 9.59 Å². The van der Waals surface area contributed by atoms with E-state index in [4.69, 9.17) is 4.74 Å². The molecule has 0 atom stereocenters. The fourth-order valence-corrected chi connectivity index (χ4v) is 3.89. The Balaban J connectivity index is 1.73. The molecule has 0 bridgehead atoms. The highest BCUT2D eigenvalue weighted by Crippen LogP contribution is 2.20. The number of aryl methyl sites for hydroxylation is 1. The lowest BCUT2D eigenvalue weighted by Crippen LogP contribution is -2.33. The molecular formula is C27H31N3O3. The fourth-order valence-electron chi connectivity index (χ4n) is 3.89. The van der Waals surface area contributed by atoms with Gasteiger partial charge in [0.25, 0.3) is 5.91 Å². The van der Waals surface area contributed by atoms with E-state index in [1.165, 1.54) is 12.7 Å². The highest BCUT2D eigenvalue weighted by Gasteiger charge is 2.17. The molecule has 3 rings (SSSR count). The van der Waals surface area contributed by atoms with Gasteiger partial charge in [0.15, 0.2) is 0 Å². The van der Waals surface area contributed by atoms with Crippen molar-refractivity contribution in [3.8, 4) is 5.69 Å². The zero-order valence-electron chi connectivity index (χ0n) is 19.6. The molecule has 0 unspecified atom stereocenters. The molecule has 1 aromatic heterocycles. The maximum Gasteiger partial charge on any atom is 0.305 e. The van der Waals surface area contributed by atoms with E-state index in [1.54, 1.807) is 6.08 Å². The van der Waals surface area contributed by atoms with Crippen LogP contribution >= 0.6 is 0 Å². The lowest BCUT2D eigenvalue weighted by atomic mass is 10.1. The van der Waals surface area contributed by atoms with Gasteiger partial charge >= 0.3 is 5.97 Å². The van der Waals surface area contributed by atoms with Crippen molar-refractivity contribution >= 4 is 11.9 Å². The van der Waals surface area contributed by atoms with Crippen LogP contribution in [0.25, 0.3) is 5.69 Å². The summed E-state index contributed by atoms with van der Waals surface area (Å²) in [5.74, 6) is -0.259. The average Bonchev–Trinajstić information content (AvgIpc) is 3.13. The molecule has 2 aromatic carbocycles. The quantitative estimate of drug-likeness (QED) is 0.341. The summed E-state index contributed by atoms with van der Waals surface area (Å²) < 4.78 is 6.60. The number of amides is 1. The molecule has 0 aliphatic rings. The summed E-state index contributed by atoms with van der Waals surface area (Å²) in [5, 5.41) is 4.64. The van der Waals surface area contributed by atoms with E-state index in [0.717, 1.165) is 29.1 Å². The Morgan fingerprint density at radius 1 is 1.06 bits per heavy atom. The van der Waals surface area contributed by atoms with Crippen LogP contribution in [0.5, 0.6) is 0 Å². The van der Waals surface area contributed by atoms with Crippen molar-refractivity contribution in [3.05, 3.63) is 95.3 Å². The van der Waals surface area contributed by atoms with Crippen molar-refractivity contribution < 1.29 is 14.3 Å². The van der Waals surface area contributed by atoms with Gasteiger partial charge in [-0.25, -0.2) is 4.68 Å². The summed E-state index contributed by atoms with van der Waals surface area (Å²) in [7, 11) is 1.40. The van der Waals surface area contributed by atoms with Gasteiger partial charge in [-0.2, -0.15) is 5.10 Å². The normalized spacial score (nSPS) is 10.6. The number of hydrogen-bond acceptors (Lipinski definition) is 4. The van der Waals surface area contributed by atoms with Crippen LogP contribution in [-0.4, -0.2) is 46.8 Å². The number of rotatable bonds is 10. The molecule has 0 aliphatic heterocycles. The Morgan fingerprint density at radius 2 is 1.76 bits per heavy atom. The van der Waals surface area contributed by atoms with E-state index in [2.05, 4.69) is 23.8 Å². The Bertz CT molecular complexity index is 1100. The minimum absolute atomic E-state index is 0.0236. The SMILES string of the molecule is C=CCN(CCc1ccccc1)C(=O)c1ccc(-n2nc(C)c(CCC(=O)OC)c2C)cc1. The minimum Gasteiger partial charge on any atom is -0.469 e. The Kier molecular flexibility index (Phi) is 8.19. The third kappa shape index (κ3) is 5.98. The largest absolute Gasteiger partial charge is 0.469 e. The Hall–Kier alpha value is -3.67. The zero-order chi connectivity index (χ0) is 23.8. The lowest BCUT2D eigenvalue weighted by Gasteiger charge is -2.21. The van der Waals surface area contributed by atoms with Gasteiger partial charge < -0.3 is 9.64 Å². The van der Waals surface area contributed by atoms with Crippen molar-refractivity contribution in [1.29, 1.82) is 0 Å². The van der Waals surface area contributed by atoms with Gasteiger partial charge in [0.2, 0.25) is 0 Å². The summed E-state index contributed by atoms with van der Waals surface area (Å²) in [6.07, 6.45) is 3.44. The number of esters is 1. The maximum absolute atomic E-state index is 13.1. The summed E-state index contributed by atoms with van der Waals surface area (Å²) in [6, 6.07) is 17.6. The van der Waals surface area contributed by atoms with Crippen LogP contribution in [0.3, 0.4) is 0 Å². The molecule has 0 spiro atoms. The number of nitrogens with zero attached hydrogens (tertiary/aromatic N) is 3.